The summed E-state index contributed by atoms with van der Waals surface area (Å²) in [6.07, 6.45) is 2.29. The van der Waals surface area contributed by atoms with Crippen LogP contribution in [0.3, 0.4) is 0 Å². The number of hydrogen-bond donors (Lipinski definition) is 0. The molecule has 0 bridgehead atoms. The fourth-order valence-corrected chi connectivity index (χ4v) is 6.37. The number of fused-ring (bicyclic) bond motifs is 3. The Labute approximate surface area is 264 Å². The summed E-state index contributed by atoms with van der Waals surface area (Å²) in [5.41, 5.74) is 12.5. The summed E-state index contributed by atoms with van der Waals surface area (Å²) in [4.78, 5) is 0. The third-order valence-electron chi connectivity index (χ3n) is 9.04. The van der Waals surface area contributed by atoms with Crippen molar-refractivity contribution in [1.29, 1.82) is 0 Å². The molecule has 0 N–H and O–H groups in total. The van der Waals surface area contributed by atoms with E-state index < -0.39 is 5.60 Å². The summed E-state index contributed by atoms with van der Waals surface area (Å²) in [6.45, 7) is 17.9. The van der Waals surface area contributed by atoms with Gasteiger partial charge in [-0.2, -0.15) is 0 Å². The first-order chi connectivity index (χ1) is 20.9. The van der Waals surface area contributed by atoms with Crippen molar-refractivity contribution >= 4 is 11.6 Å². The molecule has 0 spiro atoms. The molecule has 6 rings (SSSR count). The SMILES string of the molecule is CC(=Cc1ccc2c(c1)C(c1ccc(C(C)(C)C)cc1)(c1ccc(C(C)(C)C)cc1)Oc1cc(C)ccc1-2)c1ccccc1. The van der Waals surface area contributed by atoms with Gasteiger partial charge < -0.3 is 4.74 Å². The van der Waals surface area contributed by atoms with Crippen molar-refractivity contribution in [2.24, 2.45) is 0 Å². The van der Waals surface area contributed by atoms with E-state index in [4.69, 9.17) is 4.74 Å². The van der Waals surface area contributed by atoms with E-state index in [2.05, 4.69) is 177 Å². The molecule has 44 heavy (non-hydrogen) atoms. The van der Waals surface area contributed by atoms with Gasteiger partial charge in [-0.15, -0.1) is 0 Å². The largest absolute Gasteiger partial charge is 0.472 e. The lowest BCUT2D eigenvalue weighted by atomic mass is 9.73. The van der Waals surface area contributed by atoms with E-state index in [9.17, 15) is 0 Å². The first kappa shape index (κ1) is 29.7. The second-order valence-electron chi connectivity index (χ2n) is 14.4. The summed E-state index contributed by atoms with van der Waals surface area (Å²) in [6, 6.07) is 42.3. The molecule has 1 heteroatoms. The molecular weight excluding hydrogens is 532 g/mol. The minimum atomic E-state index is -0.826. The van der Waals surface area contributed by atoms with Crippen LogP contribution in [-0.2, 0) is 16.4 Å². The van der Waals surface area contributed by atoms with Crippen LogP contribution in [0, 0.1) is 6.92 Å². The van der Waals surface area contributed by atoms with Crippen LogP contribution in [0.25, 0.3) is 22.8 Å². The predicted molar refractivity (Wildman–Crippen MR) is 187 cm³/mol. The maximum absolute atomic E-state index is 7.37. The van der Waals surface area contributed by atoms with Crippen LogP contribution >= 0.6 is 0 Å². The first-order valence-electron chi connectivity index (χ1n) is 15.8. The summed E-state index contributed by atoms with van der Waals surface area (Å²) in [7, 11) is 0. The fraction of sp³-hybridized carbons (Fsp3) is 0.256. The molecule has 5 aromatic rings. The van der Waals surface area contributed by atoms with Gasteiger partial charge in [-0.25, -0.2) is 0 Å². The van der Waals surface area contributed by atoms with Crippen molar-refractivity contribution in [3.05, 3.63) is 160 Å². The highest BCUT2D eigenvalue weighted by molar-refractivity contribution is 5.84. The van der Waals surface area contributed by atoms with E-state index in [0.717, 1.165) is 33.6 Å². The lowest BCUT2D eigenvalue weighted by Gasteiger charge is -2.42. The molecule has 0 fully saturated rings. The summed E-state index contributed by atoms with van der Waals surface area (Å²) >= 11 is 0. The van der Waals surface area contributed by atoms with Gasteiger partial charge in [-0.05, 0) is 75.8 Å². The summed E-state index contributed by atoms with van der Waals surface area (Å²) in [5.74, 6) is 0.918. The second kappa shape index (κ2) is 11.0. The van der Waals surface area contributed by atoms with Crippen molar-refractivity contribution in [3.63, 3.8) is 0 Å². The Kier molecular flexibility index (Phi) is 7.41. The number of hydrogen-bond acceptors (Lipinski definition) is 1. The molecule has 0 saturated heterocycles. The standard InChI is InChI=1S/C43H44O/c1-29-14-24-38-37-25-15-31(27-30(2)32-12-10-9-11-13-32)28-39(37)43(44-40(38)26-29,35-20-16-33(17-21-35)41(3,4)5)36-22-18-34(19-23-36)42(6,7)8/h9-28H,1-8H3. The van der Waals surface area contributed by atoms with Crippen LogP contribution in [0.15, 0.2) is 115 Å². The number of aryl methyl sites for hydroxylation is 1. The van der Waals surface area contributed by atoms with E-state index in [-0.39, 0.29) is 10.8 Å². The van der Waals surface area contributed by atoms with Crippen molar-refractivity contribution in [2.75, 3.05) is 0 Å². The van der Waals surface area contributed by atoms with E-state index in [1.807, 2.05) is 0 Å². The minimum Gasteiger partial charge on any atom is -0.472 e. The zero-order valence-corrected chi connectivity index (χ0v) is 27.5. The van der Waals surface area contributed by atoms with Crippen molar-refractivity contribution in [2.45, 2.75) is 71.8 Å². The highest BCUT2D eigenvalue weighted by atomic mass is 16.5. The number of rotatable bonds is 4. The fourth-order valence-electron chi connectivity index (χ4n) is 6.37. The van der Waals surface area contributed by atoms with Gasteiger partial charge in [0.1, 0.15) is 5.75 Å². The molecule has 0 radical (unpaired) electrons. The molecular formula is C43H44O. The number of benzene rings is 5. The van der Waals surface area contributed by atoms with E-state index >= 15 is 0 Å². The van der Waals surface area contributed by atoms with Crippen molar-refractivity contribution in [3.8, 4) is 16.9 Å². The van der Waals surface area contributed by atoms with Crippen LogP contribution < -0.4 is 4.74 Å². The molecule has 1 aliphatic rings. The van der Waals surface area contributed by atoms with Crippen LogP contribution in [0.5, 0.6) is 5.75 Å². The Bertz CT molecular complexity index is 1770. The van der Waals surface area contributed by atoms with Crippen LogP contribution in [0.2, 0.25) is 0 Å². The topological polar surface area (TPSA) is 9.23 Å². The second-order valence-corrected chi connectivity index (χ2v) is 14.4. The highest BCUT2D eigenvalue weighted by Crippen LogP contribution is 2.52. The Morgan fingerprint density at radius 1 is 0.614 bits per heavy atom. The zero-order chi connectivity index (χ0) is 31.3. The third kappa shape index (κ3) is 5.41. The van der Waals surface area contributed by atoms with Crippen molar-refractivity contribution < 1.29 is 4.74 Å². The average Bonchev–Trinajstić information content (AvgIpc) is 3.00. The molecule has 222 valence electrons. The smallest absolute Gasteiger partial charge is 0.185 e. The molecule has 0 unspecified atom stereocenters. The first-order valence-corrected chi connectivity index (χ1v) is 15.8. The van der Waals surface area contributed by atoms with Gasteiger partial charge in [0.2, 0.25) is 0 Å². The molecule has 0 aromatic heterocycles. The molecule has 1 heterocycles. The predicted octanol–water partition coefficient (Wildman–Crippen LogP) is 11.5. The Morgan fingerprint density at radius 2 is 1.16 bits per heavy atom. The maximum atomic E-state index is 7.37. The monoisotopic (exact) mass is 576 g/mol. The van der Waals surface area contributed by atoms with Gasteiger partial charge in [0.05, 0.1) is 0 Å². The zero-order valence-electron chi connectivity index (χ0n) is 27.5. The van der Waals surface area contributed by atoms with Gasteiger partial charge in [0.25, 0.3) is 0 Å². The molecule has 0 amide bonds. The average molecular weight is 577 g/mol. The lowest BCUT2D eigenvalue weighted by molar-refractivity contribution is 0.152. The third-order valence-corrected chi connectivity index (χ3v) is 9.04. The molecule has 0 atom stereocenters. The van der Waals surface area contributed by atoms with Gasteiger partial charge in [0.15, 0.2) is 5.60 Å². The number of ether oxygens (including phenoxy) is 1. The molecule has 1 nitrogen and oxygen atoms in total. The maximum Gasteiger partial charge on any atom is 0.185 e. The van der Waals surface area contributed by atoms with E-state index in [1.54, 1.807) is 0 Å². The summed E-state index contributed by atoms with van der Waals surface area (Å²) in [5, 5.41) is 0. The quantitative estimate of drug-likeness (QED) is 0.193. The van der Waals surface area contributed by atoms with Gasteiger partial charge in [-0.1, -0.05) is 151 Å². The van der Waals surface area contributed by atoms with Crippen LogP contribution in [0.4, 0.5) is 0 Å². The summed E-state index contributed by atoms with van der Waals surface area (Å²) < 4.78 is 7.37. The Morgan fingerprint density at radius 3 is 1.70 bits per heavy atom. The lowest BCUT2D eigenvalue weighted by Crippen LogP contribution is -2.39. The van der Waals surface area contributed by atoms with E-state index in [1.165, 1.54) is 33.4 Å². The normalized spacial score (nSPS) is 14.4. The van der Waals surface area contributed by atoms with Gasteiger partial charge in [0, 0.05) is 22.3 Å². The molecule has 0 aliphatic carbocycles. The van der Waals surface area contributed by atoms with E-state index in [0.29, 0.717) is 0 Å². The Hall–Kier alpha value is -4.36. The molecule has 1 aliphatic heterocycles. The van der Waals surface area contributed by atoms with Crippen LogP contribution in [0.1, 0.15) is 93.0 Å². The number of allylic oxidation sites excluding steroid dienone is 1. The molecule has 5 aromatic carbocycles. The van der Waals surface area contributed by atoms with Gasteiger partial charge in [-0.3, -0.25) is 0 Å². The van der Waals surface area contributed by atoms with Crippen LogP contribution in [-0.4, -0.2) is 0 Å². The molecule has 0 saturated carbocycles. The Balaban J connectivity index is 1.64. The van der Waals surface area contributed by atoms with Crippen molar-refractivity contribution in [1.82, 2.24) is 0 Å². The van der Waals surface area contributed by atoms with Gasteiger partial charge >= 0.3 is 0 Å². The minimum absolute atomic E-state index is 0.0576. The highest BCUT2D eigenvalue weighted by Gasteiger charge is 2.45.